The largest absolute Gasteiger partial charge is 0.312 e. The van der Waals surface area contributed by atoms with E-state index in [2.05, 4.69) is 46.3 Å². The van der Waals surface area contributed by atoms with E-state index < -0.39 is 0 Å². The molecular weight excluding hydrogens is 246 g/mol. The zero-order valence-corrected chi connectivity index (χ0v) is 12.4. The SMILES string of the molecule is CCCNC(Cn1ncc2ccccc21)C1CCCC1. The first-order chi connectivity index (χ1) is 9.88. The van der Waals surface area contributed by atoms with Crippen molar-refractivity contribution in [2.75, 3.05) is 6.54 Å². The first-order valence-corrected chi connectivity index (χ1v) is 8.02. The van der Waals surface area contributed by atoms with Gasteiger partial charge in [-0.1, -0.05) is 38.0 Å². The Hall–Kier alpha value is -1.35. The van der Waals surface area contributed by atoms with Crippen LogP contribution in [0.5, 0.6) is 0 Å². The highest BCUT2D eigenvalue weighted by Gasteiger charge is 2.25. The number of para-hydroxylation sites is 1. The summed E-state index contributed by atoms with van der Waals surface area (Å²) in [6.07, 6.45) is 8.73. The Kier molecular flexibility index (Phi) is 4.36. The minimum absolute atomic E-state index is 0.570. The fourth-order valence-electron chi connectivity index (χ4n) is 3.43. The van der Waals surface area contributed by atoms with E-state index in [1.54, 1.807) is 0 Å². The van der Waals surface area contributed by atoms with E-state index in [-0.39, 0.29) is 0 Å². The fourth-order valence-corrected chi connectivity index (χ4v) is 3.43. The first kappa shape index (κ1) is 13.6. The van der Waals surface area contributed by atoms with E-state index >= 15 is 0 Å². The number of aromatic nitrogens is 2. The molecule has 3 nitrogen and oxygen atoms in total. The highest BCUT2D eigenvalue weighted by Crippen LogP contribution is 2.29. The molecule has 1 aromatic carbocycles. The van der Waals surface area contributed by atoms with Crippen LogP contribution in [0.2, 0.25) is 0 Å². The van der Waals surface area contributed by atoms with E-state index in [4.69, 9.17) is 0 Å². The summed E-state index contributed by atoms with van der Waals surface area (Å²) < 4.78 is 2.18. The molecule has 0 spiro atoms. The Labute approximate surface area is 121 Å². The Morgan fingerprint density at radius 2 is 2.10 bits per heavy atom. The lowest BCUT2D eigenvalue weighted by Crippen LogP contribution is -2.39. The van der Waals surface area contributed by atoms with Gasteiger partial charge in [0.1, 0.15) is 0 Å². The van der Waals surface area contributed by atoms with Gasteiger partial charge >= 0.3 is 0 Å². The van der Waals surface area contributed by atoms with E-state index in [0.717, 1.165) is 19.0 Å². The van der Waals surface area contributed by atoms with E-state index in [1.807, 2.05) is 6.20 Å². The second-order valence-corrected chi connectivity index (χ2v) is 5.99. The van der Waals surface area contributed by atoms with Gasteiger partial charge in [-0.2, -0.15) is 5.10 Å². The predicted octanol–water partition coefficient (Wildman–Crippen LogP) is 3.59. The average Bonchev–Trinajstić information content (AvgIpc) is 3.13. The third-order valence-electron chi connectivity index (χ3n) is 4.55. The van der Waals surface area contributed by atoms with Crippen molar-refractivity contribution in [1.82, 2.24) is 15.1 Å². The van der Waals surface area contributed by atoms with Crippen molar-refractivity contribution < 1.29 is 0 Å². The molecule has 1 fully saturated rings. The molecule has 1 aliphatic rings. The molecule has 0 amide bonds. The van der Waals surface area contributed by atoms with Crippen molar-refractivity contribution in [3.63, 3.8) is 0 Å². The number of benzene rings is 1. The van der Waals surface area contributed by atoms with Gasteiger partial charge in [0, 0.05) is 11.4 Å². The summed E-state index contributed by atoms with van der Waals surface area (Å²) in [5.74, 6) is 0.824. The molecule has 1 N–H and O–H groups in total. The Morgan fingerprint density at radius 3 is 2.90 bits per heavy atom. The standard InChI is InChI=1S/C17H25N3/c1-2-11-18-16(14-7-3-4-8-14)13-20-17-10-6-5-9-15(17)12-19-20/h5-6,9-10,12,14,16,18H,2-4,7-8,11,13H2,1H3. The quantitative estimate of drug-likeness (QED) is 0.870. The maximum atomic E-state index is 4.59. The zero-order chi connectivity index (χ0) is 13.8. The summed E-state index contributed by atoms with van der Waals surface area (Å²) >= 11 is 0. The summed E-state index contributed by atoms with van der Waals surface area (Å²) in [5.41, 5.74) is 1.26. The minimum atomic E-state index is 0.570. The Bertz CT molecular complexity index is 540. The summed E-state index contributed by atoms with van der Waals surface area (Å²) in [5, 5.41) is 9.59. The van der Waals surface area contributed by atoms with Crippen molar-refractivity contribution in [2.45, 2.75) is 51.6 Å². The monoisotopic (exact) mass is 271 g/mol. The lowest BCUT2D eigenvalue weighted by molar-refractivity contribution is 0.316. The molecule has 1 aliphatic carbocycles. The maximum absolute atomic E-state index is 4.59. The number of rotatable bonds is 6. The van der Waals surface area contributed by atoms with Crippen molar-refractivity contribution in [1.29, 1.82) is 0 Å². The molecule has 1 saturated carbocycles. The Morgan fingerprint density at radius 1 is 1.30 bits per heavy atom. The number of nitrogens with one attached hydrogen (secondary N) is 1. The normalized spacial score (nSPS) is 17.9. The summed E-state index contributed by atoms with van der Waals surface area (Å²) in [7, 11) is 0. The van der Waals surface area contributed by atoms with Crippen LogP contribution in [0.1, 0.15) is 39.0 Å². The highest BCUT2D eigenvalue weighted by atomic mass is 15.3. The second kappa shape index (κ2) is 6.40. The van der Waals surface area contributed by atoms with Crippen LogP contribution in [0.15, 0.2) is 30.5 Å². The molecule has 0 aliphatic heterocycles. The molecule has 1 atom stereocenters. The summed E-state index contributed by atoms with van der Waals surface area (Å²) in [6, 6.07) is 9.07. The molecule has 1 heterocycles. The van der Waals surface area contributed by atoms with Crippen LogP contribution in [0.4, 0.5) is 0 Å². The van der Waals surface area contributed by atoms with Crippen molar-refractivity contribution in [3.8, 4) is 0 Å². The number of hydrogen-bond acceptors (Lipinski definition) is 2. The van der Waals surface area contributed by atoms with E-state index in [9.17, 15) is 0 Å². The molecule has 0 radical (unpaired) electrons. The van der Waals surface area contributed by atoms with Crippen LogP contribution in [-0.2, 0) is 6.54 Å². The lowest BCUT2D eigenvalue weighted by atomic mass is 9.98. The zero-order valence-electron chi connectivity index (χ0n) is 12.4. The number of hydrogen-bond donors (Lipinski definition) is 1. The molecular formula is C17H25N3. The summed E-state index contributed by atoms with van der Waals surface area (Å²) in [6.45, 7) is 4.35. The van der Waals surface area contributed by atoms with Crippen LogP contribution in [0.3, 0.4) is 0 Å². The third-order valence-corrected chi connectivity index (χ3v) is 4.55. The topological polar surface area (TPSA) is 29.9 Å². The molecule has 108 valence electrons. The molecule has 0 bridgehead atoms. The number of fused-ring (bicyclic) bond motifs is 1. The molecule has 1 unspecified atom stereocenters. The van der Waals surface area contributed by atoms with Gasteiger partial charge in [-0.25, -0.2) is 0 Å². The van der Waals surface area contributed by atoms with Crippen LogP contribution >= 0.6 is 0 Å². The van der Waals surface area contributed by atoms with Gasteiger partial charge in [0.05, 0.1) is 18.3 Å². The number of nitrogens with zero attached hydrogens (tertiary/aromatic N) is 2. The molecule has 20 heavy (non-hydrogen) atoms. The average molecular weight is 271 g/mol. The molecule has 3 rings (SSSR count). The first-order valence-electron chi connectivity index (χ1n) is 8.02. The van der Waals surface area contributed by atoms with Crippen molar-refractivity contribution in [2.24, 2.45) is 5.92 Å². The van der Waals surface area contributed by atoms with E-state index in [0.29, 0.717) is 6.04 Å². The lowest BCUT2D eigenvalue weighted by Gasteiger charge is -2.25. The molecule has 1 aromatic heterocycles. The van der Waals surface area contributed by atoms with Gasteiger partial charge < -0.3 is 5.32 Å². The van der Waals surface area contributed by atoms with Crippen LogP contribution in [0, 0.1) is 5.92 Å². The summed E-state index contributed by atoms with van der Waals surface area (Å²) in [4.78, 5) is 0. The van der Waals surface area contributed by atoms with Crippen LogP contribution < -0.4 is 5.32 Å². The van der Waals surface area contributed by atoms with Gasteiger partial charge in [-0.05, 0) is 37.8 Å². The predicted molar refractivity (Wildman–Crippen MR) is 83.8 cm³/mol. The van der Waals surface area contributed by atoms with Crippen LogP contribution in [0.25, 0.3) is 10.9 Å². The molecule has 0 saturated heterocycles. The maximum Gasteiger partial charge on any atom is 0.0683 e. The van der Waals surface area contributed by atoms with Gasteiger partial charge in [0.2, 0.25) is 0 Å². The smallest absolute Gasteiger partial charge is 0.0683 e. The third kappa shape index (κ3) is 2.88. The minimum Gasteiger partial charge on any atom is -0.312 e. The molecule has 3 heteroatoms. The van der Waals surface area contributed by atoms with Gasteiger partial charge in [0.25, 0.3) is 0 Å². The van der Waals surface area contributed by atoms with Gasteiger partial charge in [-0.15, -0.1) is 0 Å². The van der Waals surface area contributed by atoms with Gasteiger partial charge in [0.15, 0.2) is 0 Å². The van der Waals surface area contributed by atoms with Crippen molar-refractivity contribution >= 4 is 10.9 Å². The fraction of sp³-hybridized carbons (Fsp3) is 0.588. The van der Waals surface area contributed by atoms with Crippen molar-refractivity contribution in [3.05, 3.63) is 30.5 Å². The van der Waals surface area contributed by atoms with E-state index in [1.165, 1.54) is 43.0 Å². The van der Waals surface area contributed by atoms with Gasteiger partial charge in [-0.3, -0.25) is 4.68 Å². The second-order valence-electron chi connectivity index (χ2n) is 5.99. The highest BCUT2D eigenvalue weighted by molar-refractivity contribution is 5.78. The van der Waals surface area contributed by atoms with Crippen LogP contribution in [-0.4, -0.2) is 22.4 Å². The Balaban J connectivity index is 1.77. The molecule has 2 aromatic rings.